The molecule has 1 N–H and O–H groups in total. The quantitative estimate of drug-likeness (QED) is 0.404. The van der Waals surface area contributed by atoms with Crippen LogP contribution in [0.4, 0.5) is 20.6 Å². The Labute approximate surface area is 228 Å². The number of urea groups is 1. The largest absolute Gasteiger partial charge is 0.383 e. The summed E-state index contributed by atoms with van der Waals surface area (Å²) in [5, 5.41) is 5.85. The SMILES string of the molecule is COCCN(Cc1nc(C(=O)N2CCN(c3ccccc3F)CC2)cs1)C(=O)Nc1ccc(Cl)c(Cl)c1. The Morgan fingerprint density at radius 1 is 1.14 bits per heavy atom. The van der Waals surface area contributed by atoms with Gasteiger partial charge in [-0.15, -0.1) is 11.3 Å². The first-order valence-corrected chi connectivity index (χ1v) is 13.2. The molecule has 2 aromatic carbocycles. The standard InChI is InChI=1S/C25H26Cl2FN5O3S/c1-36-13-12-33(25(35)29-17-6-7-18(26)19(27)14-17)15-23-30-21(16-37-23)24(34)32-10-8-31(9-11-32)22-5-3-2-4-20(22)28/h2-7,14,16H,8-13,15H2,1H3,(H,29,35). The van der Waals surface area contributed by atoms with Crippen molar-refractivity contribution in [3.63, 3.8) is 0 Å². The molecule has 0 spiro atoms. The molecular weight excluding hydrogens is 540 g/mol. The lowest BCUT2D eigenvalue weighted by molar-refractivity contribution is 0.0741. The van der Waals surface area contributed by atoms with E-state index in [9.17, 15) is 14.0 Å². The topological polar surface area (TPSA) is 78.0 Å². The van der Waals surface area contributed by atoms with Crippen molar-refractivity contribution < 1.29 is 18.7 Å². The van der Waals surface area contributed by atoms with Crippen LogP contribution in [0.25, 0.3) is 0 Å². The number of ether oxygens (including phenoxy) is 1. The molecule has 1 saturated heterocycles. The van der Waals surface area contributed by atoms with Crippen LogP contribution in [-0.2, 0) is 11.3 Å². The zero-order chi connectivity index (χ0) is 26.4. The Bertz CT molecular complexity index is 1250. The maximum absolute atomic E-state index is 14.1. The van der Waals surface area contributed by atoms with E-state index in [1.54, 1.807) is 58.7 Å². The Kier molecular flexibility index (Phi) is 9.20. The number of amides is 3. The number of piperazine rings is 1. The van der Waals surface area contributed by atoms with Gasteiger partial charge in [0.25, 0.3) is 5.91 Å². The van der Waals surface area contributed by atoms with Crippen molar-refractivity contribution in [2.24, 2.45) is 0 Å². The predicted molar refractivity (Wildman–Crippen MR) is 144 cm³/mol. The fraction of sp³-hybridized carbons (Fsp3) is 0.320. The van der Waals surface area contributed by atoms with Crippen LogP contribution < -0.4 is 10.2 Å². The van der Waals surface area contributed by atoms with Gasteiger partial charge >= 0.3 is 6.03 Å². The summed E-state index contributed by atoms with van der Waals surface area (Å²) in [6, 6.07) is 11.1. The van der Waals surface area contributed by atoms with E-state index in [1.807, 2.05) is 4.90 Å². The van der Waals surface area contributed by atoms with E-state index in [0.29, 0.717) is 71.5 Å². The van der Waals surface area contributed by atoms with E-state index in [-0.39, 0.29) is 24.3 Å². The molecular formula is C25H26Cl2FN5O3S. The van der Waals surface area contributed by atoms with E-state index < -0.39 is 0 Å². The van der Waals surface area contributed by atoms with Crippen LogP contribution in [0.1, 0.15) is 15.5 Å². The summed E-state index contributed by atoms with van der Waals surface area (Å²) in [6.07, 6.45) is 0. The van der Waals surface area contributed by atoms with Gasteiger partial charge in [0.2, 0.25) is 0 Å². The molecule has 12 heteroatoms. The number of hydrogen-bond donors (Lipinski definition) is 1. The molecule has 1 aliphatic rings. The molecule has 37 heavy (non-hydrogen) atoms. The molecule has 196 valence electrons. The third-order valence-electron chi connectivity index (χ3n) is 5.88. The molecule has 0 unspecified atom stereocenters. The number of nitrogens with one attached hydrogen (secondary N) is 1. The number of benzene rings is 2. The van der Waals surface area contributed by atoms with E-state index in [2.05, 4.69) is 10.3 Å². The van der Waals surface area contributed by atoms with Crippen LogP contribution in [0.2, 0.25) is 10.0 Å². The number of carbonyl (C=O) groups is 2. The van der Waals surface area contributed by atoms with Crippen molar-refractivity contribution in [3.05, 3.63) is 74.4 Å². The van der Waals surface area contributed by atoms with Gasteiger partial charge in [-0.1, -0.05) is 35.3 Å². The molecule has 0 saturated carbocycles. The highest BCUT2D eigenvalue weighted by Gasteiger charge is 2.25. The van der Waals surface area contributed by atoms with Gasteiger partial charge in [0.05, 0.1) is 28.9 Å². The Hall–Kier alpha value is -2.92. The summed E-state index contributed by atoms with van der Waals surface area (Å²) < 4.78 is 19.3. The molecule has 8 nitrogen and oxygen atoms in total. The van der Waals surface area contributed by atoms with Crippen molar-refractivity contribution in [3.8, 4) is 0 Å². The summed E-state index contributed by atoms with van der Waals surface area (Å²) in [4.78, 5) is 35.7. The lowest BCUT2D eigenvalue weighted by Crippen LogP contribution is -2.49. The number of halogens is 3. The van der Waals surface area contributed by atoms with Crippen LogP contribution in [-0.4, -0.2) is 73.2 Å². The molecule has 0 radical (unpaired) electrons. The van der Waals surface area contributed by atoms with Gasteiger partial charge < -0.3 is 24.8 Å². The molecule has 0 bridgehead atoms. The highest BCUT2D eigenvalue weighted by atomic mass is 35.5. The second-order valence-electron chi connectivity index (χ2n) is 8.33. The molecule has 3 aromatic rings. The first kappa shape index (κ1) is 27.1. The number of anilines is 2. The third kappa shape index (κ3) is 6.89. The zero-order valence-electron chi connectivity index (χ0n) is 20.1. The zero-order valence-corrected chi connectivity index (χ0v) is 22.5. The van der Waals surface area contributed by atoms with Crippen LogP contribution in [0, 0.1) is 5.82 Å². The van der Waals surface area contributed by atoms with Crippen LogP contribution in [0.15, 0.2) is 47.8 Å². The summed E-state index contributed by atoms with van der Waals surface area (Å²) in [5.74, 6) is -0.452. The highest BCUT2D eigenvalue weighted by molar-refractivity contribution is 7.09. The lowest BCUT2D eigenvalue weighted by Gasteiger charge is -2.35. The van der Waals surface area contributed by atoms with E-state index in [1.165, 1.54) is 17.4 Å². The number of nitrogens with zero attached hydrogens (tertiary/aromatic N) is 4. The van der Waals surface area contributed by atoms with Crippen molar-refractivity contribution in [1.82, 2.24) is 14.8 Å². The second kappa shape index (κ2) is 12.6. The average molecular weight is 566 g/mol. The third-order valence-corrected chi connectivity index (χ3v) is 7.45. The summed E-state index contributed by atoms with van der Waals surface area (Å²) >= 11 is 13.3. The second-order valence-corrected chi connectivity index (χ2v) is 10.1. The van der Waals surface area contributed by atoms with E-state index in [0.717, 1.165) is 0 Å². The van der Waals surface area contributed by atoms with Crippen molar-refractivity contribution in [2.75, 3.05) is 56.7 Å². The molecule has 3 amide bonds. The Morgan fingerprint density at radius 3 is 2.59 bits per heavy atom. The molecule has 2 heterocycles. The minimum atomic E-state index is -0.359. The monoisotopic (exact) mass is 565 g/mol. The predicted octanol–water partition coefficient (Wildman–Crippen LogP) is 5.23. The van der Waals surface area contributed by atoms with E-state index >= 15 is 0 Å². The minimum Gasteiger partial charge on any atom is -0.383 e. The molecule has 4 rings (SSSR count). The van der Waals surface area contributed by atoms with Gasteiger partial charge in [-0.05, 0) is 30.3 Å². The van der Waals surface area contributed by atoms with Crippen LogP contribution in [0.5, 0.6) is 0 Å². The normalized spacial score (nSPS) is 13.5. The summed E-state index contributed by atoms with van der Waals surface area (Å²) in [7, 11) is 1.56. The first-order valence-electron chi connectivity index (χ1n) is 11.6. The number of thiazole rings is 1. The van der Waals surface area contributed by atoms with Gasteiger partial charge in [0.1, 0.15) is 16.5 Å². The first-order chi connectivity index (χ1) is 17.9. The Morgan fingerprint density at radius 2 is 1.89 bits per heavy atom. The lowest BCUT2D eigenvalue weighted by atomic mass is 10.2. The number of aromatic nitrogens is 1. The molecule has 1 fully saturated rings. The van der Waals surface area contributed by atoms with Crippen LogP contribution in [0.3, 0.4) is 0 Å². The number of hydrogen-bond acceptors (Lipinski definition) is 6. The van der Waals surface area contributed by atoms with Crippen molar-refractivity contribution in [1.29, 1.82) is 0 Å². The van der Waals surface area contributed by atoms with Crippen LogP contribution >= 0.6 is 34.5 Å². The van der Waals surface area contributed by atoms with Gasteiger partial charge in [-0.2, -0.15) is 0 Å². The van der Waals surface area contributed by atoms with Gasteiger partial charge in [-0.3, -0.25) is 4.79 Å². The van der Waals surface area contributed by atoms with Crippen molar-refractivity contribution in [2.45, 2.75) is 6.54 Å². The van der Waals surface area contributed by atoms with E-state index in [4.69, 9.17) is 27.9 Å². The molecule has 1 aromatic heterocycles. The number of para-hydroxylation sites is 1. The Balaban J connectivity index is 1.37. The smallest absolute Gasteiger partial charge is 0.322 e. The number of rotatable bonds is 8. The summed E-state index contributed by atoms with van der Waals surface area (Å²) in [5.41, 5.74) is 1.38. The molecule has 1 aliphatic heterocycles. The van der Waals surface area contributed by atoms with Gasteiger partial charge in [0, 0.05) is 50.9 Å². The van der Waals surface area contributed by atoms with Crippen molar-refractivity contribution >= 4 is 57.9 Å². The minimum absolute atomic E-state index is 0.181. The molecule has 0 aliphatic carbocycles. The number of methoxy groups -OCH3 is 1. The highest BCUT2D eigenvalue weighted by Crippen LogP contribution is 2.26. The number of carbonyl (C=O) groups excluding carboxylic acids is 2. The fourth-order valence-corrected chi connectivity index (χ4v) is 4.98. The summed E-state index contributed by atoms with van der Waals surface area (Å²) in [6.45, 7) is 2.85. The maximum Gasteiger partial charge on any atom is 0.322 e. The fourth-order valence-electron chi connectivity index (χ4n) is 3.90. The van der Waals surface area contributed by atoms with Gasteiger partial charge in [0.15, 0.2) is 0 Å². The maximum atomic E-state index is 14.1. The van der Waals surface area contributed by atoms with Gasteiger partial charge in [-0.25, -0.2) is 14.2 Å². The molecule has 0 atom stereocenters. The average Bonchev–Trinajstić information content (AvgIpc) is 3.37.